The highest BCUT2D eigenvalue weighted by molar-refractivity contribution is 5.70. The van der Waals surface area contributed by atoms with Crippen LogP contribution in [0.5, 0.6) is 0 Å². The van der Waals surface area contributed by atoms with Crippen LogP contribution in [0.4, 0.5) is 0 Å². The van der Waals surface area contributed by atoms with E-state index < -0.39 is 24.3 Å². The summed E-state index contributed by atoms with van der Waals surface area (Å²) >= 11 is 0. The van der Waals surface area contributed by atoms with Crippen molar-refractivity contribution in [3.63, 3.8) is 0 Å². The molecule has 0 aromatic heterocycles. The minimum atomic E-state index is -1.62. The number of ether oxygens (including phenoxy) is 4. The van der Waals surface area contributed by atoms with E-state index in [4.69, 9.17) is 18.9 Å². The Morgan fingerprint density at radius 3 is 1.00 bits per heavy atom. The molecule has 0 aliphatic heterocycles. The molecule has 0 N–H and O–H groups in total. The molecule has 0 saturated heterocycles. The lowest BCUT2D eigenvalue weighted by atomic mass is 10.0. The Kier molecular flexibility index (Phi) is 56.7. The molecule has 0 bridgehead atoms. The zero-order chi connectivity index (χ0) is 54.8. The van der Waals surface area contributed by atoms with E-state index in [9.17, 15) is 19.5 Å². The second kappa shape index (κ2) is 58.2. The molecule has 0 aliphatic carbocycles. The highest BCUT2D eigenvalue weighted by Gasteiger charge is 2.22. The van der Waals surface area contributed by atoms with Crippen LogP contribution < -0.4 is 5.11 Å². The van der Waals surface area contributed by atoms with Gasteiger partial charge in [0.25, 0.3) is 0 Å². The van der Waals surface area contributed by atoms with E-state index in [-0.39, 0.29) is 32.2 Å². The van der Waals surface area contributed by atoms with Crippen molar-refractivity contribution < 1.29 is 42.9 Å². The maximum absolute atomic E-state index is 12.8. The largest absolute Gasteiger partial charge is 0.545 e. The van der Waals surface area contributed by atoms with Crippen LogP contribution >= 0.6 is 0 Å². The second-order valence-corrected chi connectivity index (χ2v) is 23.8. The number of hydrogen-bond acceptors (Lipinski definition) is 8. The third kappa shape index (κ3) is 59.5. The number of unbranched alkanes of at least 4 members (excludes halogenated alkanes) is 45. The Hall–Kier alpha value is -1.97. The van der Waals surface area contributed by atoms with Gasteiger partial charge in [0.05, 0.1) is 40.3 Å². The van der Waals surface area contributed by atoms with Crippen LogP contribution in [0, 0.1) is 0 Å². The molecule has 2 unspecified atom stereocenters. The Morgan fingerprint density at radius 2 is 0.680 bits per heavy atom. The van der Waals surface area contributed by atoms with Crippen molar-refractivity contribution in [2.75, 3.05) is 47.5 Å². The Bertz CT molecular complexity index is 1240. The van der Waals surface area contributed by atoms with Gasteiger partial charge in [-0.15, -0.1) is 0 Å². The highest BCUT2D eigenvalue weighted by Crippen LogP contribution is 2.19. The van der Waals surface area contributed by atoms with Gasteiger partial charge >= 0.3 is 11.9 Å². The number of hydrogen-bond donors (Lipinski definition) is 0. The summed E-state index contributed by atoms with van der Waals surface area (Å²) in [5.41, 5.74) is 0. The molecule has 75 heavy (non-hydrogen) atoms. The van der Waals surface area contributed by atoms with Gasteiger partial charge in [-0.3, -0.25) is 9.59 Å². The maximum atomic E-state index is 12.8. The number of quaternary nitrogens is 1. The third-order valence-electron chi connectivity index (χ3n) is 15.0. The molecule has 0 saturated carbocycles. The van der Waals surface area contributed by atoms with Gasteiger partial charge in [0.2, 0.25) is 0 Å². The third-order valence-corrected chi connectivity index (χ3v) is 15.0. The summed E-state index contributed by atoms with van der Waals surface area (Å²) in [6, 6.07) is 0. The van der Waals surface area contributed by atoms with Crippen molar-refractivity contribution in [3.8, 4) is 0 Å². The van der Waals surface area contributed by atoms with Gasteiger partial charge in [0.1, 0.15) is 13.2 Å². The first-order chi connectivity index (χ1) is 36.6. The molecule has 9 nitrogen and oxygen atoms in total. The molecule has 2 atom stereocenters. The lowest BCUT2D eigenvalue weighted by Gasteiger charge is -2.26. The molecule has 0 spiro atoms. The number of aliphatic carboxylic acids is 1. The number of carbonyl (C=O) groups is 3. The van der Waals surface area contributed by atoms with Gasteiger partial charge in [0, 0.05) is 12.8 Å². The SMILES string of the molecule is CCCCCC/C=C\CCCCCCCC(=O)OC(COC(=O)CCCCCCCCCCCCCCCCCCCCCCCCCCCCCCCCCCCCCCC)COC(OCC[N+](C)(C)C)C(=O)[O-]. The van der Waals surface area contributed by atoms with Crippen LogP contribution in [0.1, 0.15) is 335 Å². The van der Waals surface area contributed by atoms with E-state index in [0.717, 1.165) is 51.4 Å². The van der Waals surface area contributed by atoms with Gasteiger partial charge in [0.15, 0.2) is 12.4 Å². The summed E-state index contributed by atoms with van der Waals surface area (Å²) in [4.78, 5) is 37.2. The average molecular weight is 1060 g/mol. The number of carboxylic acids is 1. The normalized spacial score (nSPS) is 12.7. The lowest BCUT2D eigenvalue weighted by molar-refractivity contribution is -0.870. The fourth-order valence-corrected chi connectivity index (χ4v) is 9.95. The Balaban J connectivity index is 3.89. The monoisotopic (exact) mass is 1060 g/mol. The van der Waals surface area contributed by atoms with Crippen molar-refractivity contribution in [1.82, 2.24) is 0 Å². The van der Waals surface area contributed by atoms with Crippen LogP contribution in [-0.4, -0.2) is 82.3 Å². The molecule has 0 fully saturated rings. The van der Waals surface area contributed by atoms with Crippen molar-refractivity contribution in [3.05, 3.63) is 12.2 Å². The quantitative estimate of drug-likeness (QED) is 0.0195. The molecule has 0 aliphatic rings. The molecule has 9 heteroatoms. The van der Waals surface area contributed by atoms with Crippen LogP contribution in [0.25, 0.3) is 0 Å². The van der Waals surface area contributed by atoms with E-state index in [1.807, 2.05) is 21.1 Å². The average Bonchev–Trinajstić information content (AvgIpc) is 3.38. The van der Waals surface area contributed by atoms with Crippen molar-refractivity contribution >= 4 is 17.9 Å². The zero-order valence-corrected chi connectivity index (χ0v) is 50.7. The van der Waals surface area contributed by atoms with Gasteiger partial charge in [-0.1, -0.05) is 296 Å². The first-order valence-corrected chi connectivity index (χ1v) is 32.8. The van der Waals surface area contributed by atoms with Crippen LogP contribution in [0.15, 0.2) is 12.2 Å². The minimum absolute atomic E-state index is 0.150. The summed E-state index contributed by atoms with van der Waals surface area (Å²) in [6.45, 7) is 4.77. The topological polar surface area (TPSA) is 111 Å². The van der Waals surface area contributed by atoms with Crippen LogP contribution in [0.2, 0.25) is 0 Å². The van der Waals surface area contributed by atoms with Crippen LogP contribution in [0.3, 0.4) is 0 Å². The summed E-state index contributed by atoms with van der Waals surface area (Å²) in [7, 11) is 5.93. The Morgan fingerprint density at radius 1 is 0.387 bits per heavy atom. The summed E-state index contributed by atoms with van der Waals surface area (Å²) in [5, 5.41) is 11.8. The molecular weight excluding hydrogens is 935 g/mol. The molecule has 0 rings (SSSR count). The number of likely N-dealkylation sites (N-methyl/N-ethyl adjacent to an activating group) is 1. The molecule has 0 aromatic rings. The predicted molar refractivity (Wildman–Crippen MR) is 316 cm³/mol. The molecule has 444 valence electrons. The summed E-state index contributed by atoms with van der Waals surface area (Å²) < 4.78 is 22.7. The predicted octanol–water partition coefficient (Wildman–Crippen LogP) is 18.4. The molecule has 0 heterocycles. The molecule has 0 radical (unpaired) electrons. The smallest absolute Gasteiger partial charge is 0.306 e. The minimum Gasteiger partial charge on any atom is -0.545 e. The van der Waals surface area contributed by atoms with E-state index >= 15 is 0 Å². The zero-order valence-electron chi connectivity index (χ0n) is 50.7. The van der Waals surface area contributed by atoms with Gasteiger partial charge in [-0.2, -0.15) is 0 Å². The number of esters is 2. The maximum Gasteiger partial charge on any atom is 0.306 e. The van der Waals surface area contributed by atoms with Crippen molar-refractivity contribution in [1.29, 1.82) is 0 Å². The van der Waals surface area contributed by atoms with Crippen molar-refractivity contribution in [2.24, 2.45) is 0 Å². The number of carbonyl (C=O) groups excluding carboxylic acids is 3. The first kappa shape index (κ1) is 73.0. The van der Waals surface area contributed by atoms with Gasteiger partial charge in [-0.05, 0) is 38.5 Å². The highest BCUT2D eigenvalue weighted by atomic mass is 16.7. The van der Waals surface area contributed by atoms with Crippen molar-refractivity contribution in [2.45, 2.75) is 347 Å². The summed E-state index contributed by atoms with van der Waals surface area (Å²) in [6.07, 6.45) is 66.1. The van der Waals surface area contributed by atoms with Gasteiger partial charge < -0.3 is 33.3 Å². The Labute approximate surface area is 465 Å². The molecular formula is C66H127NO8. The standard InChI is InChI=1S/C66H127NO8/c1-6-8-10-12-14-16-18-20-21-22-23-24-25-26-27-28-29-30-31-32-33-34-35-36-37-38-39-40-41-42-43-45-46-48-50-52-54-56-63(68)73-60-62(61-74-66(65(70)71)72-59-58-67(3,4)5)75-64(69)57-55-53-51-49-47-44-19-17-15-13-11-9-7-2/h17,19,62,66H,6-16,18,20-61H2,1-5H3/b19-17-. The molecule has 0 aromatic carbocycles. The van der Waals surface area contributed by atoms with Gasteiger partial charge in [-0.25, -0.2) is 0 Å². The number of nitrogens with zero attached hydrogens (tertiary/aromatic N) is 1. The van der Waals surface area contributed by atoms with E-state index in [0.29, 0.717) is 23.9 Å². The van der Waals surface area contributed by atoms with E-state index in [1.54, 1.807) is 0 Å². The fourth-order valence-electron chi connectivity index (χ4n) is 9.95. The first-order valence-electron chi connectivity index (χ1n) is 32.8. The number of rotatable bonds is 62. The second-order valence-electron chi connectivity index (χ2n) is 23.8. The molecule has 0 amide bonds. The van der Waals surface area contributed by atoms with E-state index in [2.05, 4.69) is 26.0 Å². The van der Waals surface area contributed by atoms with Crippen LogP contribution in [-0.2, 0) is 33.3 Å². The fraction of sp³-hybridized carbons (Fsp3) is 0.924. The number of allylic oxidation sites excluding steroid dienone is 2. The summed E-state index contributed by atoms with van der Waals surface area (Å²) in [5.74, 6) is -2.27. The number of carboxylic acid groups (broad SMARTS) is 1. The lowest BCUT2D eigenvalue weighted by Crippen LogP contribution is -2.44. The van der Waals surface area contributed by atoms with E-state index in [1.165, 1.54) is 250 Å².